The molecule has 122 valence electrons. The van der Waals surface area contributed by atoms with Gasteiger partial charge in [-0.05, 0) is 55.5 Å². The molecule has 1 aromatic carbocycles. The standard InChI is InChI=1S/C16H17F2N3OS/c1-11-14-3-2-8-20(14)9-10-21(11)16(23)19-12-4-6-13(7-5-12)22-15(17)18/h2-8,11,15H,9-10H2,1H3,(H,19,23). The van der Waals surface area contributed by atoms with Crippen molar-refractivity contribution >= 4 is 23.0 Å². The maximum atomic E-state index is 12.1. The molecular weight excluding hydrogens is 320 g/mol. The van der Waals surface area contributed by atoms with Crippen molar-refractivity contribution < 1.29 is 13.5 Å². The lowest BCUT2D eigenvalue weighted by Crippen LogP contribution is -2.42. The smallest absolute Gasteiger partial charge is 0.387 e. The molecule has 1 aromatic heterocycles. The van der Waals surface area contributed by atoms with Crippen LogP contribution in [0.4, 0.5) is 14.5 Å². The molecule has 1 aliphatic rings. The normalized spacial score (nSPS) is 17.0. The molecule has 0 amide bonds. The van der Waals surface area contributed by atoms with Gasteiger partial charge in [0.05, 0.1) is 6.04 Å². The molecule has 1 N–H and O–H groups in total. The molecule has 2 aromatic rings. The fraction of sp³-hybridized carbons (Fsp3) is 0.312. The highest BCUT2D eigenvalue weighted by Gasteiger charge is 2.25. The summed E-state index contributed by atoms with van der Waals surface area (Å²) in [6.45, 7) is 0.996. The van der Waals surface area contributed by atoms with Gasteiger partial charge < -0.3 is 19.5 Å². The number of alkyl halides is 2. The second kappa shape index (κ2) is 6.54. The molecule has 0 saturated heterocycles. The van der Waals surface area contributed by atoms with Crippen molar-refractivity contribution in [2.24, 2.45) is 0 Å². The van der Waals surface area contributed by atoms with Gasteiger partial charge in [-0.3, -0.25) is 0 Å². The summed E-state index contributed by atoms with van der Waals surface area (Å²) in [7, 11) is 0. The van der Waals surface area contributed by atoms with E-state index in [1.54, 1.807) is 12.1 Å². The van der Waals surface area contributed by atoms with E-state index in [2.05, 4.69) is 38.7 Å². The zero-order valence-electron chi connectivity index (χ0n) is 12.6. The maximum Gasteiger partial charge on any atom is 0.387 e. The summed E-state index contributed by atoms with van der Waals surface area (Å²) < 4.78 is 30.8. The number of halogens is 2. The lowest BCUT2D eigenvalue weighted by atomic mass is 10.1. The van der Waals surface area contributed by atoms with Crippen LogP contribution in [0.5, 0.6) is 5.75 Å². The van der Waals surface area contributed by atoms with Crippen LogP contribution >= 0.6 is 12.2 Å². The van der Waals surface area contributed by atoms with Crippen LogP contribution in [-0.2, 0) is 6.54 Å². The number of ether oxygens (including phenoxy) is 1. The first-order valence-electron chi connectivity index (χ1n) is 7.32. The molecule has 7 heteroatoms. The van der Waals surface area contributed by atoms with Gasteiger partial charge in [-0.15, -0.1) is 0 Å². The van der Waals surface area contributed by atoms with E-state index in [0.29, 0.717) is 5.11 Å². The molecule has 1 atom stereocenters. The molecule has 3 rings (SSSR count). The Kier molecular flexibility index (Phi) is 4.47. The third kappa shape index (κ3) is 3.44. The van der Waals surface area contributed by atoms with E-state index >= 15 is 0 Å². The summed E-state index contributed by atoms with van der Waals surface area (Å²) in [5.41, 5.74) is 1.96. The molecular formula is C16H17F2N3OS. The van der Waals surface area contributed by atoms with Crippen LogP contribution in [0.2, 0.25) is 0 Å². The molecule has 0 radical (unpaired) electrons. The van der Waals surface area contributed by atoms with Crippen molar-refractivity contribution in [2.45, 2.75) is 26.1 Å². The summed E-state index contributed by atoms with van der Waals surface area (Å²) in [6.07, 6.45) is 2.07. The largest absolute Gasteiger partial charge is 0.435 e. The number of benzene rings is 1. The van der Waals surface area contributed by atoms with E-state index in [4.69, 9.17) is 12.2 Å². The molecule has 0 spiro atoms. The summed E-state index contributed by atoms with van der Waals surface area (Å²) in [5, 5.41) is 3.77. The summed E-state index contributed by atoms with van der Waals surface area (Å²) in [4.78, 5) is 2.12. The van der Waals surface area contributed by atoms with Crippen LogP contribution in [-0.4, -0.2) is 27.7 Å². The average Bonchev–Trinajstić information content (AvgIpc) is 2.98. The lowest BCUT2D eigenvalue weighted by Gasteiger charge is -2.36. The number of fused-ring (bicyclic) bond motifs is 1. The topological polar surface area (TPSA) is 29.4 Å². The van der Waals surface area contributed by atoms with E-state index < -0.39 is 6.61 Å². The SMILES string of the molecule is CC1c2cccn2CCN1C(=S)Nc1ccc(OC(F)F)cc1. The van der Waals surface area contributed by atoms with Gasteiger partial charge >= 0.3 is 6.61 Å². The van der Waals surface area contributed by atoms with E-state index in [-0.39, 0.29) is 11.8 Å². The molecule has 1 aliphatic heterocycles. The Bertz CT molecular complexity index is 687. The quantitative estimate of drug-likeness (QED) is 0.861. The fourth-order valence-electron chi connectivity index (χ4n) is 2.77. The van der Waals surface area contributed by atoms with Crippen LogP contribution in [0.1, 0.15) is 18.7 Å². The molecule has 0 bridgehead atoms. The monoisotopic (exact) mass is 337 g/mol. The Labute approximate surface area is 138 Å². The van der Waals surface area contributed by atoms with Crippen molar-refractivity contribution in [1.82, 2.24) is 9.47 Å². The zero-order valence-corrected chi connectivity index (χ0v) is 13.4. The van der Waals surface area contributed by atoms with Gasteiger partial charge in [0.25, 0.3) is 0 Å². The minimum atomic E-state index is -2.82. The fourth-order valence-corrected chi connectivity index (χ4v) is 3.14. The second-order valence-electron chi connectivity index (χ2n) is 5.33. The van der Waals surface area contributed by atoms with Crippen LogP contribution in [0.25, 0.3) is 0 Å². The first-order chi connectivity index (χ1) is 11.0. The minimum absolute atomic E-state index is 0.126. The Morgan fingerprint density at radius 3 is 2.70 bits per heavy atom. The number of aromatic nitrogens is 1. The maximum absolute atomic E-state index is 12.1. The highest BCUT2D eigenvalue weighted by Crippen LogP contribution is 2.26. The Morgan fingerprint density at radius 1 is 1.26 bits per heavy atom. The number of rotatable bonds is 3. The Balaban J connectivity index is 1.65. The van der Waals surface area contributed by atoms with Crippen molar-refractivity contribution in [3.63, 3.8) is 0 Å². The third-order valence-electron chi connectivity index (χ3n) is 3.93. The van der Waals surface area contributed by atoms with E-state index in [0.717, 1.165) is 18.8 Å². The first-order valence-corrected chi connectivity index (χ1v) is 7.73. The summed E-state index contributed by atoms with van der Waals surface area (Å²) in [6, 6.07) is 10.6. The lowest BCUT2D eigenvalue weighted by molar-refractivity contribution is -0.0498. The minimum Gasteiger partial charge on any atom is -0.435 e. The predicted octanol–water partition coefficient (Wildman–Crippen LogP) is 3.86. The van der Waals surface area contributed by atoms with Crippen LogP contribution in [0, 0.1) is 0 Å². The van der Waals surface area contributed by atoms with Gasteiger partial charge in [-0.25, -0.2) is 0 Å². The predicted molar refractivity (Wildman–Crippen MR) is 88.8 cm³/mol. The van der Waals surface area contributed by atoms with Gasteiger partial charge in [-0.1, -0.05) is 0 Å². The average molecular weight is 337 g/mol. The summed E-state index contributed by atoms with van der Waals surface area (Å²) in [5.74, 6) is 0.126. The Hall–Kier alpha value is -2.15. The molecule has 0 aliphatic carbocycles. The second-order valence-corrected chi connectivity index (χ2v) is 5.72. The van der Waals surface area contributed by atoms with Gasteiger partial charge in [0, 0.05) is 30.7 Å². The van der Waals surface area contributed by atoms with E-state index in [1.165, 1.54) is 17.8 Å². The number of nitrogens with zero attached hydrogens (tertiary/aromatic N) is 2. The van der Waals surface area contributed by atoms with Crippen molar-refractivity contribution in [1.29, 1.82) is 0 Å². The van der Waals surface area contributed by atoms with Gasteiger partial charge in [0.15, 0.2) is 5.11 Å². The Morgan fingerprint density at radius 2 is 2.00 bits per heavy atom. The molecule has 4 nitrogen and oxygen atoms in total. The number of hydrogen-bond acceptors (Lipinski definition) is 2. The number of anilines is 1. The zero-order chi connectivity index (χ0) is 16.4. The number of nitrogens with one attached hydrogen (secondary N) is 1. The third-order valence-corrected chi connectivity index (χ3v) is 4.27. The van der Waals surface area contributed by atoms with Gasteiger partial charge in [0.1, 0.15) is 5.75 Å². The number of hydrogen-bond donors (Lipinski definition) is 1. The molecule has 1 unspecified atom stereocenters. The van der Waals surface area contributed by atoms with Gasteiger partial charge in [0.2, 0.25) is 0 Å². The van der Waals surface area contributed by atoms with E-state index in [1.807, 2.05) is 6.07 Å². The summed E-state index contributed by atoms with van der Waals surface area (Å²) >= 11 is 5.49. The van der Waals surface area contributed by atoms with Crippen molar-refractivity contribution in [2.75, 3.05) is 11.9 Å². The highest BCUT2D eigenvalue weighted by molar-refractivity contribution is 7.80. The van der Waals surface area contributed by atoms with Crippen molar-refractivity contribution in [3.05, 3.63) is 48.3 Å². The highest BCUT2D eigenvalue weighted by atomic mass is 32.1. The molecule has 0 fully saturated rings. The number of thiocarbonyl (C=S) groups is 1. The van der Waals surface area contributed by atoms with Crippen LogP contribution in [0.15, 0.2) is 42.6 Å². The molecule has 2 heterocycles. The van der Waals surface area contributed by atoms with Gasteiger partial charge in [-0.2, -0.15) is 8.78 Å². The molecule has 0 saturated carbocycles. The van der Waals surface area contributed by atoms with Crippen LogP contribution < -0.4 is 10.1 Å². The van der Waals surface area contributed by atoms with E-state index in [9.17, 15) is 8.78 Å². The van der Waals surface area contributed by atoms with Crippen molar-refractivity contribution in [3.8, 4) is 5.75 Å². The first kappa shape index (κ1) is 15.7. The molecule has 23 heavy (non-hydrogen) atoms. The van der Waals surface area contributed by atoms with Crippen LogP contribution in [0.3, 0.4) is 0 Å².